The highest BCUT2D eigenvalue weighted by Gasteiger charge is 2.12. The molecule has 0 fully saturated rings. The highest BCUT2D eigenvalue weighted by Crippen LogP contribution is 2.17. The summed E-state index contributed by atoms with van der Waals surface area (Å²) in [5, 5.41) is 6.17. The molecule has 0 spiro atoms. The Morgan fingerprint density at radius 1 is 1.17 bits per heavy atom. The van der Waals surface area contributed by atoms with Gasteiger partial charge in [0.2, 0.25) is 5.91 Å². The number of carbonyl (C=O) groups excluding carboxylic acids is 2. The average Bonchev–Trinajstić information content (AvgIpc) is 2.50. The molecule has 0 saturated heterocycles. The molecule has 2 rings (SSSR count). The molecule has 1 aromatic heterocycles. The van der Waals surface area contributed by atoms with Gasteiger partial charge in [0.25, 0.3) is 5.91 Å². The SMILES string of the molecule is Cc1nc2cc(F)ccc2cc1C(=O)NCCNC(=O)C(C)C. The summed E-state index contributed by atoms with van der Waals surface area (Å²) in [5.41, 5.74) is 1.49. The minimum Gasteiger partial charge on any atom is -0.354 e. The number of benzene rings is 1. The molecule has 0 aliphatic carbocycles. The van der Waals surface area contributed by atoms with Crippen molar-refractivity contribution in [3.05, 3.63) is 41.3 Å². The summed E-state index contributed by atoms with van der Waals surface area (Å²) in [5.74, 6) is -0.759. The number of carbonyl (C=O) groups is 2. The molecule has 0 unspecified atom stereocenters. The average molecular weight is 317 g/mol. The van der Waals surface area contributed by atoms with E-state index in [0.717, 1.165) is 0 Å². The highest BCUT2D eigenvalue weighted by molar-refractivity contribution is 5.98. The number of hydrogen-bond acceptors (Lipinski definition) is 3. The van der Waals surface area contributed by atoms with Gasteiger partial charge in [-0.25, -0.2) is 4.39 Å². The van der Waals surface area contributed by atoms with Crippen LogP contribution in [-0.4, -0.2) is 29.9 Å². The molecular formula is C17H20FN3O2. The Morgan fingerprint density at radius 3 is 2.57 bits per heavy atom. The molecule has 6 heteroatoms. The van der Waals surface area contributed by atoms with Crippen LogP contribution >= 0.6 is 0 Å². The molecule has 0 atom stereocenters. The van der Waals surface area contributed by atoms with Gasteiger partial charge >= 0.3 is 0 Å². The molecule has 0 saturated carbocycles. The van der Waals surface area contributed by atoms with Crippen molar-refractivity contribution in [2.24, 2.45) is 5.92 Å². The van der Waals surface area contributed by atoms with Crippen LogP contribution in [0.1, 0.15) is 29.9 Å². The van der Waals surface area contributed by atoms with Gasteiger partial charge < -0.3 is 10.6 Å². The van der Waals surface area contributed by atoms with Crippen LogP contribution in [0.4, 0.5) is 4.39 Å². The fourth-order valence-corrected chi connectivity index (χ4v) is 2.13. The summed E-state index contributed by atoms with van der Waals surface area (Å²) in [6, 6.07) is 5.96. The molecule has 0 bridgehead atoms. The predicted molar refractivity (Wildman–Crippen MR) is 86.6 cm³/mol. The van der Waals surface area contributed by atoms with Crippen LogP contribution in [0.2, 0.25) is 0 Å². The van der Waals surface area contributed by atoms with Crippen LogP contribution in [0.25, 0.3) is 10.9 Å². The van der Waals surface area contributed by atoms with E-state index in [1.54, 1.807) is 32.9 Å². The quantitative estimate of drug-likeness (QED) is 0.830. The van der Waals surface area contributed by atoms with E-state index in [1.165, 1.54) is 12.1 Å². The second-order valence-corrected chi connectivity index (χ2v) is 5.66. The van der Waals surface area contributed by atoms with E-state index in [0.29, 0.717) is 35.2 Å². The summed E-state index contributed by atoms with van der Waals surface area (Å²) in [4.78, 5) is 27.9. The molecule has 0 aliphatic heterocycles. The smallest absolute Gasteiger partial charge is 0.253 e. The molecule has 2 aromatic rings. The normalized spacial score (nSPS) is 10.8. The van der Waals surface area contributed by atoms with Crippen molar-refractivity contribution < 1.29 is 14.0 Å². The standard InChI is InChI=1S/C17H20FN3O2/c1-10(2)16(22)19-6-7-20-17(23)14-8-12-4-5-13(18)9-15(12)21-11(14)3/h4-5,8-10H,6-7H2,1-3H3,(H,19,22)(H,20,23). The van der Waals surface area contributed by atoms with Crippen molar-refractivity contribution in [3.63, 3.8) is 0 Å². The van der Waals surface area contributed by atoms with E-state index in [9.17, 15) is 14.0 Å². The lowest BCUT2D eigenvalue weighted by atomic mass is 10.1. The summed E-state index contributed by atoms with van der Waals surface area (Å²) in [7, 11) is 0. The molecule has 23 heavy (non-hydrogen) atoms. The monoisotopic (exact) mass is 317 g/mol. The number of fused-ring (bicyclic) bond motifs is 1. The van der Waals surface area contributed by atoms with Crippen molar-refractivity contribution in [1.82, 2.24) is 15.6 Å². The summed E-state index contributed by atoms with van der Waals surface area (Å²) in [6.45, 7) is 6.02. The zero-order valence-corrected chi connectivity index (χ0v) is 13.4. The Hall–Kier alpha value is -2.50. The number of pyridine rings is 1. The lowest BCUT2D eigenvalue weighted by Gasteiger charge is -2.10. The van der Waals surface area contributed by atoms with E-state index in [4.69, 9.17) is 0 Å². The summed E-state index contributed by atoms with van der Waals surface area (Å²) in [6.07, 6.45) is 0. The van der Waals surface area contributed by atoms with Gasteiger partial charge in [-0.15, -0.1) is 0 Å². The second-order valence-electron chi connectivity index (χ2n) is 5.66. The van der Waals surface area contributed by atoms with Gasteiger partial charge in [0.05, 0.1) is 16.8 Å². The number of hydrogen-bond donors (Lipinski definition) is 2. The third-order valence-electron chi connectivity index (χ3n) is 3.45. The molecule has 2 N–H and O–H groups in total. The molecule has 122 valence electrons. The number of nitrogens with zero attached hydrogens (tertiary/aromatic N) is 1. The third kappa shape index (κ3) is 4.25. The first-order chi connectivity index (χ1) is 10.9. The maximum atomic E-state index is 13.2. The van der Waals surface area contributed by atoms with Crippen LogP contribution in [-0.2, 0) is 4.79 Å². The van der Waals surface area contributed by atoms with Crippen molar-refractivity contribution in [1.29, 1.82) is 0 Å². The number of halogens is 1. The van der Waals surface area contributed by atoms with E-state index < -0.39 is 0 Å². The van der Waals surface area contributed by atoms with Crippen molar-refractivity contribution in [3.8, 4) is 0 Å². The van der Waals surface area contributed by atoms with Gasteiger partial charge in [-0.3, -0.25) is 14.6 Å². The van der Waals surface area contributed by atoms with Crippen LogP contribution < -0.4 is 10.6 Å². The Labute approximate surface area is 134 Å². The number of amides is 2. The first kappa shape index (κ1) is 16.9. The van der Waals surface area contributed by atoms with E-state index in [1.807, 2.05) is 0 Å². The van der Waals surface area contributed by atoms with Crippen molar-refractivity contribution in [2.75, 3.05) is 13.1 Å². The third-order valence-corrected chi connectivity index (χ3v) is 3.45. The predicted octanol–water partition coefficient (Wildman–Crippen LogP) is 2.18. The first-order valence-electron chi connectivity index (χ1n) is 7.51. The minimum atomic E-state index is -0.359. The Bertz CT molecular complexity index is 744. The van der Waals surface area contributed by atoms with E-state index in [2.05, 4.69) is 15.6 Å². The second kappa shape index (κ2) is 7.17. The number of rotatable bonds is 5. The van der Waals surface area contributed by atoms with Gasteiger partial charge in [-0.1, -0.05) is 13.8 Å². The van der Waals surface area contributed by atoms with E-state index >= 15 is 0 Å². The van der Waals surface area contributed by atoms with Gasteiger partial charge in [0.1, 0.15) is 5.82 Å². The van der Waals surface area contributed by atoms with Crippen LogP contribution in [0.15, 0.2) is 24.3 Å². The zero-order valence-electron chi connectivity index (χ0n) is 13.4. The summed E-state index contributed by atoms with van der Waals surface area (Å²) >= 11 is 0. The first-order valence-corrected chi connectivity index (χ1v) is 7.51. The highest BCUT2D eigenvalue weighted by atomic mass is 19.1. The van der Waals surface area contributed by atoms with Gasteiger partial charge in [0, 0.05) is 30.5 Å². The van der Waals surface area contributed by atoms with Crippen molar-refractivity contribution >= 4 is 22.7 Å². The number of aryl methyl sites for hydroxylation is 1. The molecule has 0 radical (unpaired) electrons. The Kier molecular flexibility index (Phi) is 5.26. The fourth-order valence-electron chi connectivity index (χ4n) is 2.13. The van der Waals surface area contributed by atoms with Gasteiger partial charge in [-0.05, 0) is 25.1 Å². The van der Waals surface area contributed by atoms with Crippen LogP contribution in [0.5, 0.6) is 0 Å². The maximum absolute atomic E-state index is 13.2. The topological polar surface area (TPSA) is 71.1 Å². The summed E-state index contributed by atoms with van der Waals surface area (Å²) < 4.78 is 13.2. The van der Waals surface area contributed by atoms with Crippen LogP contribution in [0, 0.1) is 18.7 Å². The molecule has 2 amide bonds. The van der Waals surface area contributed by atoms with Gasteiger partial charge in [-0.2, -0.15) is 0 Å². The molecule has 5 nitrogen and oxygen atoms in total. The molecule has 1 heterocycles. The zero-order chi connectivity index (χ0) is 17.0. The maximum Gasteiger partial charge on any atom is 0.253 e. The lowest BCUT2D eigenvalue weighted by Crippen LogP contribution is -2.36. The molecular weight excluding hydrogens is 297 g/mol. The van der Waals surface area contributed by atoms with Crippen molar-refractivity contribution in [2.45, 2.75) is 20.8 Å². The Morgan fingerprint density at radius 2 is 1.87 bits per heavy atom. The minimum absolute atomic E-state index is 0.0511. The molecule has 0 aliphatic rings. The largest absolute Gasteiger partial charge is 0.354 e. The Balaban J connectivity index is 2.02. The lowest BCUT2D eigenvalue weighted by molar-refractivity contribution is -0.123. The van der Waals surface area contributed by atoms with E-state index in [-0.39, 0.29) is 23.5 Å². The number of nitrogens with one attached hydrogen (secondary N) is 2. The fraction of sp³-hybridized carbons (Fsp3) is 0.353. The molecule has 1 aromatic carbocycles. The van der Waals surface area contributed by atoms with Gasteiger partial charge in [0.15, 0.2) is 0 Å². The van der Waals surface area contributed by atoms with Crippen LogP contribution in [0.3, 0.4) is 0 Å². The number of aromatic nitrogens is 1.